The fraction of sp³-hybridized carbons (Fsp3) is 0.528. The molecule has 1 saturated heterocycles. The number of aromatic nitrogens is 3. The van der Waals surface area contributed by atoms with Gasteiger partial charge < -0.3 is 25.8 Å². The third-order valence-corrected chi connectivity index (χ3v) is 12.0. The molecule has 0 bridgehead atoms. The van der Waals surface area contributed by atoms with E-state index in [1.807, 2.05) is 29.6 Å². The Labute approximate surface area is 306 Å². The van der Waals surface area contributed by atoms with E-state index in [9.17, 15) is 23.2 Å². The number of thioether (sulfide) groups is 2. The number of methoxy groups -OCH3 is 1. The second kappa shape index (κ2) is 18.7. The van der Waals surface area contributed by atoms with E-state index in [1.54, 1.807) is 18.2 Å². The van der Waals surface area contributed by atoms with Crippen LogP contribution in [-0.4, -0.2) is 70.0 Å². The van der Waals surface area contributed by atoms with Crippen LogP contribution in [0.1, 0.15) is 75.4 Å². The average Bonchev–Trinajstić information content (AvgIpc) is 3.62. The fourth-order valence-electron chi connectivity index (χ4n) is 5.27. The lowest BCUT2D eigenvalue weighted by atomic mass is 9.99. The number of ether oxygens (including phenoxy) is 2. The monoisotopic (exact) mass is 746 g/mol. The number of hydrogen-bond acceptors (Lipinski definition) is 10. The van der Waals surface area contributed by atoms with Gasteiger partial charge in [-0.1, -0.05) is 60.7 Å². The molecule has 1 unspecified atom stereocenters. The summed E-state index contributed by atoms with van der Waals surface area (Å²) in [5, 5.41) is 9.53. The maximum absolute atomic E-state index is 14.8. The van der Waals surface area contributed by atoms with Gasteiger partial charge in [-0.05, 0) is 51.0 Å². The molecule has 1 aliphatic heterocycles. The van der Waals surface area contributed by atoms with Gasteiger partial charge in [0.15, 0.2) is 0 Å². The zero-order valence-corrected chi connectivity index (χ0v) is 30.9. The van der Waals surface area contributed by atoms with E-state index in [1.165, 1.54) is 49.7 Å². The van der Waals surface area contributed by atoms with Crippen molar-refractivity contribution >= 4 is 41.5 Å². The number of halogens is 2. The smallest absolute Gasteiger partial charge is 0.407 e. The predicted octanol–water partition coefficient (Wildman–Crippen LogP) is 6.15. The predicted molar refractivity (Wildman–Crippen MR) is 195 cm³/mol. The molecule has 11 nitrogen and oxygen atoms in total. The van der Waals surface area contributed by atoms with Crippen LogP contribution in [0, 0.1) is 5.92 Å². The number of esters is 1. The van der Waals surface area contributed by atoms with Gasteiger partial charge in [0.25, 0.3) is 5.92 Å². The molecule has 1 aliphatic carbocycles. The van der Waals surface area contributed by atoms with E-state index >= 15 is 0 Å². The van der Waals surface area contributed by atoms with Crippen LogP contribution in [0.15, 0.2) is 67.0 Å². The Balaban J connectivity index is 0.000000286. The SMILES string of the molecule is CC(C)(N)C(=O)NC(CCC(F)(F)c1ccccc1)c1ncnn1CCOC(=O)NCC1CC1.COC(=O)CCC1(c2ccccc2)SCCS1. The molecule has 5 rings (SSSR count). The van der Waals surface area contributed by atoms with Crippen molar-refractivity contribution in [1.29, 1.82) is 0 Å². The molecule has 4 N–H and O–H groups in total. The molecule has 15 heteroatoms. The summed E-state index contributed by atoms with van der Waals surface area (Å²) in [6, 6.07) is 17.1. The van der Waals surface area contributed by atoms with Crippen LogP contribution in [0.2, 0.25) is 0 Å². The molecule has 2 heterocycles. The van der Waals surface area contributed by atoms with Crippen molar-refractivity contribution in [2.45, 2.75) is 80.5 Å². The van der Waals surface area contributed by atoms with E-state index in [0.717, 1.165) is 30.8 Å². The normalized spacial score (nSPS) is 16.0. The lowest BCUT2D eigenvalue weighted by Gasteiger charge is -2.27. The minimum absolute atomic E-state index is 0.0100. The molecule has 51 heavy (non-hydrogen) atoms. The summed E-state index contributed by atoms with van der Waals surface area (Å²) in [6.07, 6.45) is 3.67. The highest BCUT2D eigenvalue weighted by Crippen LogP contribution is 2.54. The second-order valence-electron chi connectivity index (χ2n) is 13.1. The summed E-state index contributed by atoms with van der Waals surface area (Å²) < 4.78 is 41.0. The zero-order chi connectivity index (χ0) is 36.9. The zero-order valence-electron chi connectivity index (χ0n) is 29.3. The van der Waals surface area contributed by atoms with E-state index < -0.39 is 35.9 Å². The Morgan fingerprint density at radius 2 is 1.71 bits per heavy atom. The van der Waals surface area contributed by atoms with Gasteiger partial charge in [0.1, 0.15) is 18.8 Å². The van der Waals surface area contributed by atoms with Crippen LogP contribution in [0.3, 0.4) is 0 Å². The van der Waals surface area contributed by atoms with E-state index in [4.69, 9.17) is 15.2 Å². The highest BCUT2D eigenvalue weighted by molar-refractivity contribution is 8.20. The van der Waals surface area contributed by atoms with Gasteiger partial charge >= 0.3 is 12.1 Å². The van der Waals surface area contributed by atoms with Crippen molar-refractivity contribution in [3.05, 3.63) is 83.9 Å². The lowest BCUT2D eigenvalue weighted by molar-refractivity contribution is -0.140. The number of nitrogens with one attached hydrogen (secondary N) is 2. The van der Waals surface area contributed by atoms with Crippen LogP contribution in [0.5, 0.6) is 0 Å². The van der Waals surface area contributed by atoms with Crippen LogP contribution >= 0.6 is 23.5 Å². The molecule has 1 saturated carbocycles. The van der Waals surface area contributed by atoms with Gasteiger partial charge in [0, 0.05) is 36.5 Å². The average molecular weight is 747 g/mol. The summed E-state index contributed by atoms with van der Waals surface area (Å²) in [6.45, 7) is 3.80. The van der Waals surface area contributed by atoms with Gasteiger partial charge in [-0.25, -0.2) is 23.2 Å². The second-order valence-corrected chi connectivity index (χ2v) is 16.1. The molecule has 2 fully saturated rings. The summed E-state index contributed by atoms with van der Waals surface area (Å²) in [7, 11) is 1.45. The number of amides is 2. The Hall–Kier alpha value is -3.69. The van der Waals surface area contributed by atoms with Crippen molar-refractivity contribution in [2.75, 3.05) is 31.8 Å². The molecule has 2 amide bonds. The van der Waals surface area contributed by atoms with Crippen molar-refractivity contribution in [1.82, 2.24) is 25.4 Å². The number of nitrogens with two attached hydrogens (primary N) is 1. The summed E-state index contributed by atoms with van der Waals surface area (Å²) in [4.78, 5) is 39.8. The Morgan fingerprint density at radius 1 is 1.06 bits per heavy atom. The Bertz CT molecular complexity index is 1550. The third-order valence-electron chi connectivity index (χ3n) is 8.41. The largest absolute Gasteiger partial charge is 0.469 e. The number of benzene rings is 2. The first kappa shape index (κ1) is 40.1. The molecule has 1 atom stereocenters. The van der Waals surface area contributed by atoms with Gasteiger partial charge in [-0.3, -0.25) is 9.59 Å². The summed E-state index contributed by atoms with van der Waals surface area (Å²) in [5.74, 6) is -0.611. The van der Waals surface area contributed by atoms with Crippen molar-refractivity contribution in [2.24, 2.45) is 11.7 Å². The Morgan fingerprint density at radius 3 is 2.31 bits per heavy atom. The van der Waals surface area contributed by atoms with Crippen LogP contribution < -0.4 is 16.4 Å². The summed E-state index contributed by atoms with van der Waals surface area (Å²) in [5.41, 5.74) is 5.89. The molecule has 2 aromatic carbocycles. The standard InChI is InChI=1S/C23H32F2N6O3.C13H16O2S2/c1-22(2,26)20(32)30-18(10-11-23(24,25)17-6-4-3-5-7-17)19-28-15-29-31(19)12-13-34-21(33)27-14-16-8-9-16;1-15-12(14)7-8-13(16-9-10-17-13)11-5-3-2-4-6-11/h3-7,15-16,18H,8-14,26H2,1-2H3,(H,27,33)(H,30,32);2-6H,7-10H2,1H3. The van der Waals surface area contributed by atoms with Crippen LogP contribution in [0.25, 0.3) is 0 Å². The van der Waals surface area contributed by atoms with Crippen LogP contribution in [-0.2, 0) is 35.6 Å². The minimum Gasteiger partial charge on any atom is -0.469 e. The molecule has 278 valence electrons. The Kier molecular flexibility index (Phi) is 14.7. The number of alkyl halides is 2. The molecular weight excluding hydrogens is 699 g/mol. The van der Waals surface area contributed by atoms with E-state index in [0.29, 0.717) is 18.9 Å². The van der Waals surface area contributed by atoms with Crippen molar-refractivity contribution < 1.29 is 32.6 Å². The molecule has 3 aromatic rings. The van der Waals surface area contributed by atoms with Gasteiger partial charge in [0.2, 0.25) is 5.91 Å². The number of hydrogen-bond donors (Lipinski definition) is 3. The van der Waals surface area contributed by atoms with Gasteiger partial charge in [-0.2, -0.15) is 5.10 Å². The van der Waals surface area contributed by atoms with Crippen molar-refractivity contribution in [3.63, 3.8) is 0 Å². The first-order chi connectivity index (χ1) is 24.3. The lowest BCUT2D eigenvalue weighted by Crippen LogP contribution is -2.50. The highest BCUT2D eigenvalue weighted by atomic mass is 32.2. The third kappa shape index (κ3) is 12.5. The fourth-order valence-corrected chi connectivity index (χ4v) is 8.53. The quantitative estimate of drug-likeness (QED) is 0.146. The van der Waals surface area contributed by atoms with Crippen LogP contribution in [0.4, 0.5) is 13.6 Å². The van der Waals surface area contributed by atoms with E-state index in [2.05, 4.69) is 45.0 Å². The number of carbonyl (C=O) groups excluding carboxylic acids is 3. The number of nitrogens with zero attached hydrogens (tertiary/aromatic N) is 3. The maximum atomic E-state index is 14.8. The maximum Gasteiger partial charge on any atom is 0.407 e. The number of carbonyl (C=O) groups is 3. The molecule has 1 aromatic heterocycles. The number of alkyl carbamates (subject to hydrolysis) is 1. The molecule has 0 radical (unpaired) electrons. The number of rotatable bonds is 16. The van der Waals surface area contributed by atoms with Gasteiger partial charge in [0.05, 0.1) is 29.3 Å². The van der Waals surface area contributed by atoms with Gasteiger partial charge in [-0.15, -0.1) is 23.5 Å². The van der Waals surface area contributed by atoms with Crippen molar-refractivity contribution in [3.8, 4) is 0 Å². The molecule has 2 aliphatic rings. The minimum atomic E-state index is -3.10. The highest BCUT2D eigenvalue weighted by Gasteiger charge is 2.38. The first-order valence-electron chi connectivity index (χ1n) is 17.0. The summed E-state index contributed by atoms with van der Waals surface area (Å²) >= 11 is 3.90. The molecule has 0 spiro atoms. The first-order valence-corrected chi connectivity index (χ1v) is 19.0. The topological polar surface area (TPSA) is 150 Å². The molecular formula is C36H48F2N6O5S2. The van der Waals surface area contributed by atoms with E-state index in [-0.39, 0.29) is 41.0 Å².